The van der Waals surface area contributed by atoms with Gasteiger partial charge in [-0.2, -0.15) is 0 Å². The highest BCUT2D eigenvalue weighted by atomic mass is 79.9. The first-order chi connectivity index (χ1) is 7.24. The van der Waals surface area contributed by atoms with Gasteiger partial charge in [-0.05, 0) is 28.1 Å². The molecular weight excluding hydrogens is 262 g/mol. The van der Waals surface area contributed by atoms with E-state index < -0.39 is 0 Å². The summed E-state index contributed by atoms with van der Waals surface area (Å²) in [5.41, 5.74) is 1.04. The molecule has 2 rings (SSSR count). The number of halogens is 1. The van der Waals surface area contributed by atoms with E-state index in [0.717, 1.165) is 0 Å². The smallest absolute Gasteiger partial charge is 0.177 e. The zero-order chi connectivity index (χ0) is 10.8. The maximum absolute atomic E-state index is 9.61. The molecule has 1 aromatic carbocycles. The summed E-state index contributed by atoms with van der Waals surface area (Å²) in [6, 6.07) is 6.73. The van der Waals surface area contributed by atoms with Crippen LogP contribution in [0.4, 0.5) is 0 Å². The molecule has 78 valence electrons. The molecule has 4 nitrogen and oxygen atoms in total. The number of aromatic nitrogens is 1. The molecule has 1 heterocycles. The SMILES string of the molecule is OCc1c(Br)noc1-c1ccccc1O. The van der Waals surface area contributed by atoms with Crippen LogP contribution >= 0.6 is 15.9 Å². The molecule has 0 saturated carbocycles. The molecule has 0 aliphatic heterocycles. The van der Waals surface area contributed by atoms with Gasteiger partial charge in [-0.15, -0.1) is 0 Å². The standard InChI is InChI=1S/C10H8BrNO3/c11-10-7(5-13)9(15-12-10)6-3-1-2-4-8(6)14/h1-4,13-14H,5H2. The third-order valence-electron chi connectivity index (χ3n) is 2.05. The van der Waals surface area contributed by atoms with Crippen LogP contribution in [0, 0.1) is 0 Å². The van der Waals surface area contributed by atoms with Crippen molar-refractivity contribution in [1.29, 1.82) is 0 Å². The van der Waals surface area contributed by atoms with Crippen molar-refractivity contribution < 1.29 is 14.7 Å². The van der Waals surface area contributed by atoms with Gasteiger partial charge in [0.25, 0.3) is 0 Å². The van der Waals surface area contributed by atoms with Gasteiger partial charge in [0.2, 0.25) is 0 Å². The Morgan fingerprint density at radius 2 is 2.07 bits per heavy atom. The van der Waals surface area contributed by atoms with Crippen molar-refractivity contribution in [3.05, 3.63) is 34.4 Å². The van der Waals surface area contributed by atoms with Gasteiger partial charge < -0.3 is 14.7 Å². The minimum absolute atomic E-state index is 0.0934. The molecule has 2 aromatic rings. The number of benzene rings is 1. The van der Waals surface area contributed by atoms with Crippen molar-refractivity contribution >= 4 is 15.9 Å². The number of aliphatic hydroxyl groups is 1. The van der Waals surface area contributed by atoms with E-state index in [2.05, 4.69) is 21.1 Å². The van der Waals surface area contributed by atoms with Crippen molar-refractivity contribution in [3.63, 3.8) is 0 Å². The number of rotatable bonds is 2. The van der Waals surface area contributed by atoms with Gasteiger partial charge in [0.1, 0.15) is 5.75 Å². The molecule has 0 radical (unpaired) electrons. The van der Waals surface area contributed by atoms with Crippen LogP contribution in [0.5, 0.6) is 5.75 Å². The predicted molar refractivity (Wildman–Crippen MR) is 57.2 cm³/mol. The Balaban J connectivity index is 2.59. The predicted octanol–water partition coefficient (Wildman–Crippen LogP) is 2.30. The number of aliphatic hydroxyl groups excluding tert-OH is 1. The highest BCUT2D eigenvalue weighted by molar-refractivity contribution is 9.10. The van der Waals surface area contributed by atoms with Gasteiger partial charge in [-0.1, -0.05) is 17.3 Å². The molecule has 0 unspecified atom stereocenters. The third-order valence-corrected chi connectivity index (χ3v) is 2.67. The largest absolute Gasteiger partial charge is 0.507 e. The molecule has 0 fully saturated rings. The Labute approximate surface area is 94.3 Å². The highest BCUT2D eigenvalue weighted by Gasteiger charge is 2.17. The first-order valence-electron chi connectivity index (χ1n) is 4.27. The van der Waals surface area contributed by atoms with Crippen LogP contribution in [0.15, 0.2) is 33.4 Å². The fourth-order valence-electron chi connectivity index (χ4n) is 1.30. The monoisotopic (exact) mass is 269 g/mol. The Morgan fingerprint density at radius 3 is 2.73 bits per heavy atom. The lowest BCUT2D eigenvalue weighted by Gasteiger charge is -2.01. The number of phenols is 1. The third kappa shape index (κ3) is 1.75. The lowest BCUT2D eigenvalue weighted by molar-refractivity contribution is 0.280. The second-order valence-electron chi connectivity index (χ2n) is 2.96. The van der Waals surface area contributed by atoms with Crippen molar-refractivity contribution in [1.82, 2.24) is 5.16 Å². The Bertz CT molecular complexity index is 481. The molecule has 1 aromatic heterocycles. The molecule has 15 heavy (non-hydrogen) atoms. The summed E-state index contributed by atoms with van der Waals surface area (Å²) < 4.78 is 5.48. The molecule has 0 spiro atoms. The molecule has 0 atom stereocenters. The number of nitrogens with zero attached hydrogens (tertiary/aromatic N) is 1. The average Bonchev–Trinajstić information content (AvgIpc) is 2.60. The summed E-state index contributed by atoms with van der Waals surface area (Å²) in [6.45, 7) is -0.201. The first kappa shape index (κ1) is 10.2. The van der Waals surface area contributed by atoms with Crippen LogP contribution in [0.3, 0.4) is 0 Å². The molecule has 2 N–H and O–H groups in total. The molecule has 0 saturated heterocycles. The number of para-hydroxylation sites is 1. The van der Waals surface area contributed by atoms with Gasteiger partial charge in [0, 0.05) is 0 Å². The second-order valence-corrected chi connectivity index (χ2v) is 3.71. The second kappa shape index (κ2) is 4.04. The summed E-state index contributed by atoms with van der Waals surface area (Å²) in [4.78, 5) is 0. The summed E-state index contributed by atoms with van der Waals surface area (Å²) in [5, 5.41) is 22.4. The molecule has 0 aliphatic rings. The van der Waals surface area contributed by atoms with Crippen LogP contribution in [0.2, 0.25) is 0 Å². The number of hydrogen-bond acceptors (Lipinski definition) is 4. The van der Waals surface area contributed by atoms with E-state index in [1.165, 1.54) is 0 Å². The van der Waals surface area contributed by atoms with Gasteiger partial charge in [0.05, 0.1) is 17.7 Å². The van der Waals surface area contributed by atoms with E-state index in [-0.39, 0.29) is 12.4 Å². The van der Waals surface area contributed by atoms with Crippen LogP contribution in [-0.2, 0) is 6.61 Å². The van der Waals surface area contributed by atoms with Crippen LogP contribution in [0.25, 0.3) is 11.3 Å². The quantitative estimate of drug-likeness (QED) is 0.878. The zero-order valence-corrected chi connectivity index (χ0v) is 9.23. The van der Waals surface area contributed by atoms with Gasteiger partial charge >= 0.3 is 0 Å². The summed E-state index contributed by atoms with van der Waals surface area (Å²) in [5.74, 6) is 0.471. The maximum atomic E-state index is 9.61. The molecule has 5 heteroatoms. The molecular formula is C10H8BrNO3. The molecule has 0 amide bonds. The van der Waals surface area contributed by atoms with Crippen LogP contribution < -0.4 is 0 Å². The van der Waals surface area contributed by atoms with Crippen LogP contribution in [-0.4, -0.2) is 15.4 Å². The fourth-order valence-corrected chi connectivity index (χ4v) is 1.68. The van der Waals surface area contributed by atoms with Crippen molar-refractivity contribution in [3.8, 4) is 17.1 Å². The van der Waals surface area contributed by atoms with E-state index in [0.29, 0.717) is 21.5 Å². The van der Waals surface area contributed by atoms with E-state index >= 15 is 0 Å². The average molecular weight is 270 g/mol. The minimum Gasteiger partial charge on any atom is -0.507 e. The summed E-state index contributed by atoms with van der Waals surface area (Å²) in [6.07, 6.45) is 0. The highest BCUT2D eigenvalue weighted by Crippen LogP contribution is 2.34. The Hall–Kier alpha value is -1.33. The molecule has 0 bridgehead atoms. The number of aromatic hydroxyl groups is 1. The summed E-state index contributed by atoms with van der Waals surface area (Å²) in [7, 11) is 0. The first-order valence-corrected chi connectivity index (χ1v) is 5.06. The maximum Gasteiger partial charge on any atom is 0.177 e. The van der Waals surface area contributed by atoms with Crippen molar-refractivity contribution in [2.75, 3.05) is 0 Å². The lowest BCUT2D eigenvalue weighted by atomic mass is 10.1. The van der Waals surface area contributed by atoms with E-state index in [1.54, 1.807) is 24.3 Å². The van der Waals surface area contributed by atoms with E-state index in [9.17, 15) is 5.11 Å². The number of phenolic OH excluding ortho intramolecular Hbond substituents is 1. The fraction of sp³-hybridized carbons (Fsp3) is 0.100. The van der Waals surface area contributed by atoms with Crippen molar-refractivity contribution in [2.45, 2.75) is 6.61 Å². The van der Waals surface area contributed by atoms with E-state index in [4.69, 9.17) is 9.63 Å². The van der Waals surface area contributed by atoms with E-state index in [1.807, 2.05) is 0 Å². The Morgan fingerprint density at radius 1 is 1.33 bits per heavy atom. The summed E-state index contributed by atoms with van der Waals surface area (Å²) >= 11 is 3.15. The minimum atomic E-state index is -0.201. The lowest BCUT2D eigenvalue weighted by Crippen LogP contribution is -1.85. The number of hydrogen-bond donors (Lipinski definition) is 2. The molecule has 0 aliphatic carbocycles. The zero-order valence-electron chi connectivity index (χ0n) is 7.64. The van der Waals surface area contributed by atoms with Gasteiger partial charge in [0.15, 0.2) is 10.4 Å². The van der Waals surface area contributed by atoms with Crippen molar-refractivity contribution in [2.24, 2.45) is 0 Å². The normalized spacial score (nSPS) is 10.5. The Kier molecular flexibility index (Phi) is 2.75. The van der Waals surface area contributed by atoms with Gasteiger partial charge in [-0.25, -0.2) is 0 Å². The van der Waals surface area contributed by atoms with Crippen LogP contribution in [0.1, 0.15) is 5.56 Å². The van der Waals surface area contributed by atoms with Gasteiger partial charge in [-0.3, -0.25) is 0 Å². The topological polar surface area (TPSA) is 66.5 Å².